The molecule has 1 heterocycles. The first-order valence-corrected chi connectivity index (χ1v) is 7.12. The van der Waals surface area contributed by atoms with Crippen molar-refractivity contribution in [2.24, 2.45) is 5.73 Å². The third kappa shape index (κ3) is 2.93. The summed E-state index contributed by atoms with van der Waals surface area (Å²) in [4.78, 5) is 14.6. The first-order chi connectivity index (χ1) is 10.1. The number of carbonyl (C=O) groups excluding carboxylic acids is 1. The van der Waals surface area contributed by atoms with Crippen molar-refractivity contribution < 1.29 is 4.79 Å². The summed E-state index contributed by atoms with van der Waals surface area (Å²) in [5.41, 5.74) is 9.46. The minimum atomic E-state index is -0.345. The Balaban J connectivity index is 2.12. The van der Waals surface area contributed by atoms with Crippen molar-refractivity contribution in [3.63, 3.8) is 0 Å². The van der Waals surface area contributed by atoms with E-state index in [0.29, 0.717) is 5.02 Å². The molecule has 0 spiro atoms. The number of aromatic nitrogens is 1. The van der Waals surface area contributed by atoms with E-state index in [1.165, 1.54) is 5.56 Å². The monoisotopic (exact) mass is 298 g/mol. The van der Waals surface area contributed by atoms with Gasteiger partial charge in [-0.1, -0.05) is 41.9 Å². The number of nitrogens with one attached hydrogen (secondary N) is 1. The molecule has 0 saturated heterocycles. The van der Waals surface area contributed by atoms with Gasteiger partial charge in [0.1, 0.15) is 0 Å². The molecule has 0 fully saturated rings. The summed E-state index contributed by atoms with van der Waals surface area (Å²) < 4.78 is 0. The highest BCUT2D eigenvalue weighted by molar-refractivity contribution is 6.31. The van der Waals surface area contributed by atoms with Crippen LogP contribution in [0.15, 0.2) is 48.5 Å². The maximum Gasteiger partial charge on any atom is 0.223 e. The molecular weight excluding hydrogens is 284 g/mol. The van der Waals surface area contributed by atoms with Crippen molar-refractivity contribution >= 4 is 28.4 Å². The van der Waals surface area contributed by atoms with E-state index in [9.17, 15) is 4.79 Å². The molecule has 1 amide bonds. The van der Waals surface area contributed by atoms with Gasteiger partial charge in [0.05, 0.1) is 6.42 Å². The maximum atomic E-state index is 11.3. The van der Waals surface area contributed by atoms with E-state index in [1.807, 2.05) is 36.4 Å². The molecule has 0 radical (unpaired) electrons. The highest BCUT2D eigenvalue weighted by Gasteiger charge is 2.14. The lowest BCUT2D eigenvalue weighted by Crippen LogP contribution is -2.15. The molecule has 3 aromatic rings. The van der Waals surface area contributed by atoms with Gasteiger partial charge in [-0.25, -0.2) is 0 Å². The lowest BCUT2D eigenvalue weighted by atomic mass is 10.0. The Morgan fingerprint density at radius 1 is 1.14 bits per heavy atom. The van der Waals surface area contributed by atoms with Crippen LogP contribution in [-0.4, -0.2) is 10.9 Å². The van der Waals surface area contributed by atoms with Crippen molar-refractivity contribution in [2.45, 2.75) is 12.8 Å². The molecule has 4 heteroatoms. The van der Waals surface area contributed by atoms with Crippen molar-refractivity contribution in [1.29, 1.82) is 0 Å². The predicted octanol–water partition coefficient (Wildman–Crippen LogP) is 3.44. The van der Waals surface area contributed by atoms with Crippen LogP contribution in [0.2, 0.25) is 5.02 Å². The molecule has 0 bridgehead atoms. The quantitative estimate of drug-likeness (QED) is 0.761. The van der Waals surface area contributed by atoms with Crippen LogP contribution in [0.3, 0.4) is 0 Å². The number of hydrogen-bond donors (Lipinski definition) is 2. The second kappa shape index (κ2) is 5.62. The van der Waals surface area contributed by atoms with Crippen molar-refractivity contribution in [3.8, 4) is 0 Å². The molecule has 3 N–H and O–H groups in total. The van der Waals surface area contributed by atoms with Crippen LogP contribution in [0, 0.1) is 0 Å². The van der Waals surface area contributed by atoms with E-state index in [1.54, 1.807) is 0 Å². The minimum Gasteiger partial charge on any atom is -0.369 e. The molecule has 106 valence electrons. The Kier molecular flexibility index (Phi) is 3.67. The van der Waals surface area contributed by atoms with Crippen LogP contribution in [0.5, 0.6) is 0 Å². The molecular formula is C17H15ClN2O. The van der Waals surface area contributed by atoms with Gasteiger partial charge in [-0.15, -0.1) is 0 Å². The summed E-state index contributed by atoms with van der Waals surface area (Å²) in [5, 5.41) is 1.73. The fourth-order valence-electron chi connectivity index (χ4n) is 2.60. The fourth-order valence-corrected chi connectivity index (χ4v) is 2.77. The summed E-state index contributed by atoms with van der Waals surface area (Å²) in [7, 11) is 0. The summed E-state index contributed by atoms with van der Waals surface area (Å²) in [5.74, 6) is -0.345. The standard InChI is InChI=1S/C17H15ClN2O/c18-12-6-7-15-14(9-12)13(16(20-15)10-17(19)21)8-11-4-2-1-3-5-11/h1-7,9,20H,8,10H2,(H2,19,21). The number of rotatable bonds is 4. The second-order valence-corrected chi connectivity index (χ2v) is 5.51. The normalized spacial score (nSPS) is 10.9. The molecule has 1 aromatic heterocycles. The zero-order valence-corrected chi connectivity index (χ0v) is 12.2. The van der Waals surface area contributed by atoms with E-state index in [2.05, 4.69) is 17.1 Å². The van der Waals surface area contributed by atoms with Crippen molar-refractivity contribution in [1.82, 2.24) is 4.98 Å². The topological polar surface area (TPSA) is 58.9 Å². The number of amides is 1. The highest BCUT2D eigenvalue weighted by atomic mass is 35.5. The van der Waals surface area contributed by atoms with Gasteiger partial charge in [0.25, 0.3) is 0 Å². The zero-order chi connectivity index (χ0) is 14.8. The number of carbonyl (C=O) groups is 1. The van der Waals surface area contributed by atoms with Gasteiger partial charge in [-0.3, -0.25) is 4.79 Å². The van der Waals surface area contributed by atoms with Crippen LogP contribution >= 0.6 is 11.6 Å². The minimum absolute atomic E-state index is 0.203. The Bertz CT molecular complexity index is 793. The van der Waals surface area contributed by atoms with Crippen LogP contribution in [-0.2, 0) is 17.6 Å². The number of nitrogens with two attached hydrogens (primary N) is 1. The maximum absolute atomic E-state index is 11.3. The fraction of sp³-hybridized carbons (Fsp3) is 0.118. The molecule has 2 aromatic carbocycles. The zero-order valence-electron chi connectivity index (χ0n) is 11.4. The van der Waals surface area contributed by atoms with Crippen molar-refractivity contribution in [3.05, 3.63) is 70.4 Å². The summed E-state index contributed by atoms with van der Waals surface area (Å²) in [6, 6.07) is 15.8. The van der Waals surface area contributed by atoms with Gasteiger partial charge in [0.15, 0.2) is 0 Å². The van der Waals surface area contributed by atoms with Crippen molar-refractivity contribution in [2.75, 3.05) is 0 Å². The van der Waals surface area contributed by atoms with Gasteiger partial charge in [0.2, 0.25) is 5.91 Å². The summed E-state index contributed by atoms with van der Waals surface area (Å²) in [6.07, 6.45) is 0.943. The highest BCUT2D eigenvalue weighted by Crippen LogP contribution is 2.28. The number of aromatic amines is 1. The first kappa shape index (κ1) is 13.7. The number of H-pyrrole nitrogens is 1. The summed E-state index contributed by atoms with van der Waals surface area (Å²) >= 11 is 6.10. The Hall–Kier alpha value is -2.26. The number of hydrogen-bond acceptors (Lipinski definition) is 1. The first-order valence-electron chi connectivity index (χ1n) is 6.74. The molecule has 0 unspecified atom stereocenters. The van der Waals surface area contributed by atoms with Crippen LogP contribution in [0.4, 0.5) is 0 Å². The van der Waals surface area contributed by atoms with E-state index >= 15 is 0 Å². The predicted molar refractivity (Wildman–Crippen MR) is 85.5 cm³/mol. The Morgan fingerprint density at radius 2 is 1.90 bits per heavy atom. The van der Waals surface area contributed by atoms with Gasteiger partial charge >= 0.3 is 0 Å². The van der Waals surface area contributed by atoms with Crippen LogP contribution in [0.25, 0.3) is 10.9 Å². The molecule has 3 nitrogen and oxygen atoms in total. The molecule has 0 aliphatic carbocycles. The van der Waals surface area contributed by atoms with E-state index in [0.717, 1.165) is 28.6 Å². The second-order valence-electron chi connectivity index (χ2n) is 5.08. The van der Waals surface area contributed by atoms with E-state index in [-0.39, 0.29) is 12.3 Å². The molecule has 21 heavy (non-hydrogen) atoms. The number of halogens is 1. The third-order valence-electron chi connectivity index (χ3n) is 3.53. The van der Waals surface area contributed by atoms with Crippen LogP contribution < -0.4 is 5.73 Å². The average molecular weight is 299 g/mol. The van der Waals surface area contributed by atoms with Gasteiger partial charge in [-0.2, -0.15) is 0 Å². The molecule has 0 saturated carbocycles. The number of primary amides is 1. The molecule has 3 rings (SSSR count). The lowest BCUT2D eigenvalue weighted by molar-refractivity contribution is -0.117. The summed E-state index contributed by atoms with van der Waals surface area (Å²) in [6.45, 7) is 0. The SMILES string of the molecule is NC(=O)Cc1[nH]c2ccc(Cl)cc2c1Cc1ccccc1. The molecule has 0 aliphatic heterocycles. The molecule has 0 atom stereocenters. The van der Waals surface area contributed by atoms with Gasteiger partial charge in [-0.05, 0) is 35.7 Å². The number of fused-ring (bicyclic) bond motifs is 1. The van der Waals surface area contributed by atoms with E-state index in [4.69, 9.17) is 17.3 Å². The largest absolute Gasteiger partial charge is 0.369 e. The van der Waals surface area contributed by atoms with Crippen LogP contribution in [0.1, 0.15) is 16.8 Å². The lowest BCUT2D eigenvalue weighted by Gasteiger charge is -2.04. The Labute approximate surface area is 127 Å². The van der Waals surface area contributed by atoms with Gasteiger partial charge < -0.3 is 10.7 Å². The molecule has 0 aliphatic rings. The van der Waals surface area contributed by atoms with Gasteiger partial charge in [0, 0.05) is 21.6 Å². The van der Waals surface area contributed by atoms with E-state index < -0.39 is 0 Å². The average Bonchev–Trinajstić information content (AvgIpc) is 2.77. The number of benzene rings is 2. The third-order valence-corrected chi connectivity index (χ3v) is 3.77. The Morgan fingerprint density at radius 3 is 2.62 bits per heavy atom. The smallest absolute Gasteiger partial charge is 0.223 e.